The molecule has 1 aromatic rings. The summed E-state index contributed by atoms with van der Waals surface area (Å²) in [5.41, 5.74) is 1.02. The molecule has 0 spiro atoms. The van der Waals surface area contributed by atoms with E-state index in [1.807, 2.05) is 24.3 Å². The topological polar surface area (TPSA) is 75.7 Å². The predicted octanol–water partition coefficient (Wildman–Crippen LogP) is 1.41. The standard InChI is InChI=1S/C16H26N2O4S/c1-13(2)18(23(4,20)21)12-10-16(19)17-11-9-14-7-5-6-8-15(14)22-3/h5-8,13H,9-12H2,1-4H3,(H,17,19). The third-order valence-electron chi connectivity index (χ3n) is 3.47. The Balaban J connectivity index is 2.43. The number of carbonyl (C=O) groups is 1. The number of hydrogen-bond acceptors (Lipinski definition) is 4. The van der Waals surface area contributed by atoms with Crippen molar-refractivity contribution in [1.82, 2.24) is 9.62 Å². The fraction of sp³-hybridized carbons (Fsp3) is 0.562. The second-order valence-corrected chi connectivity index (χ2v) is 7.56. The van der Waals surface area contributed by atoms with Crippen LogP contribution in [-0.2, 0) is 21.2 Å². The SMILES string of the molecule is COc1ccccc1CCNC(=O)CCN(C(C)C)S(C)(=O)=O. The average Bonchev–Trinajstić information content (AvgIpc) is 2.46. The maximum Gasteiger partial charge on any atom is 0.221 e. The van der Waals surface area contributed by atoms with E-state index in [1.54, 1.807) is 21.0 Å². The molecule has 0 heterocycles. The summed E-state index contributed by atoms with van der Waals surface area (Å²) < 4.78 is 29.9. The van der Waals surface area contributed by atoms with Crippen LogP contribution in [0.3, 0.4) is 0 Å². The van der Waals surface area contributed by atoms with Gasteiger partial charge >= 0.3 is 0 Å². The Morgan fingerprint density at radius 3 is 2.52 bits per heavy atom. The third-order valence-corrected chi connectivity index (χ3v) is 4.93. The number of ether oxygens (including phenoxy) is 1. The van der Waals surface area contributed by atoms with E-state index in [0.29, 0.717) is 13.0 Å². The smallest absolute Gasteiger partial charge is 0.221 e. The minimum absolute atomic E-state index is 0.150. The number of nitrogens with one attached hydrogen (secondary N) is 1. The molecule has 7 heteroatoms. The molecule has 0 radical (unpaired) electrons. The molecule has 1 rings (SSSR count). The summed E-state index contributed by atoms with van der Waals surface area (Å²) in [6.07, 6.45) is 1.97. The molecule has 0 aliphatic rings. The zero-order valence-corrected chi connectivity index (χ0v) is 15.0. The third kappa shape index (κ3) is 6.58. The van der Waals surface area contributed by atoms with Crippen LogP contribution in [0.5, 0.6) is 5.75 Å². The van der Waals surface area contributed by atoms with Crippen molar-refractivity contribution < 1.29 is 17.9 Å². The molecule has 6 nitrogen and oxygen atoms in total. The molecule has 1 N–H and O–H groups in total. The Bertz CT molecular complexity index is 614. The van der Waals surface area contributed by atoms with Gasteiger partial charge in [0.2, 0.25) is 15.9 Å². The molecule has 0 aliphatic heterocycles. The number of para-hydroxylation sites is 1. The molecule has 1 aromatic carbocycles. The normalized spacial score (nSPS) is 11.7. The van der Waals surface area contributed by atoms with Crippen molar-refractivity contribution >= 4 is 15.9 Å². The van der Waals surface area contributed by atoms with Crippen molar-refractivity contribution in [2.75, 3.05) is 26.5 Å². The molecule has 0 saturated heterocycles. The first kappa shape index (κ1) is 19.4. The Morgan fingerprint density at radius 2 is 1.96 bits per heavy atom. The molecule has 0 fully saturated rings. The predicted molar refractivity (Wildman–Crippen MR) is 91.0 cm³/mol. The Kier molecular flexibility index (Phi) is 7.51. The molecule has 0 aliphatic carbocycles. The number of carbonyl (C=O) groups excluding carboxylic acids is 1. The summed E-state index contributed by atoms with van der Waals surface area (Å²) in [6, 6.07) is 7.49. The van der Waals surface area contributed by atoms with Gasteiger partial charge in [0, 0.05) is 25.6 Å². The monoisotopic (exact) mass is 342 g/mol. The van der Waals surface area contributed by atoms with Gasteiger partial charge in [-0.25, -0.2) is 8.42 Å². The maximum atomic E-state index is 11.9. The number of methoxy groups -OCH3 is 1. The van der Waals surface area contributed by atoms with Crippen LogP contribution in [0.15, 0.2) is 24.3 Å². The number of nitrogens with zero attached hydrogens (tertiary/aromatic N) is 1. The highest BCUT2D eigenvalue weighted by atomic mass is 32.2. The van der Waals surface area contributed by atoms with E-state index in [4.69, 9.17) is 4.74 Å². The fourth-order valence-electron chi connectivity index (χ4n) is 2.35. The van der Waals surface area contributed by atoms with Crippen LogP contribution < -0.4 is 10.1 Å². The summed E-state index contributed by atoms with van der Waals surface area (Å²) in [6.45, 7) is 4.26. The van der Waals surface area contributed by atoms with Gasteiger partial charge in [-0.2, -0.15) is 4.31 Å². The van der Waals surface area contributed by atoms with Crippen LogP contribution in [0.2, 0.25) is 0 Å². The lowest BCUT2D eigenvalue weighted by Crippen LogP contribution is -2.39. The number of hydrogen-bond donors (Lipinski definition) is 1. The summed E-state index contributed by atoms with van der Waals surface area (Å²) in [4.78, 5) is 11.9. The van der Waals surface area contributed by atoms with Gasteiger partial charge in [-0.3, -0.25) is 4.79 Å². The zero-order chi connectivity index (χ0) is 17.5. The lowest BCUT2D eigenvalue weighted by atomic mass is 10.1. The summed E-state index contributed by atoms with van der Waals surface area (Å²) in [5.74, 6) is 0.638. The first-order valence-electron chi connectivity index (χ1n) is 7.61. The highest BCUT2D eigenvalue weighted by Gasteiger charge is 2.20. The van der Waals surface area contributed by atoms with Gasteiger partial charge in [0.25, 0.3) is 0 Å². The van der Waals surface area contributed by atoms with E-state index in [-0.39, 0.29) is 24.9 Å². The van der Waals surface area contributed by atoms with Gasteiger partial charge in [-0.05, 0) is 31.9 Å². The van der Waals surface area contributed by atoms with Gasteiger partial charge in [-0.1, -0.05) is 18.2 Å². The number of sulfonamides is 1. The minimum Gasteiger partial charge on any atom is -0.496 e. The lowest BCUT2D eigenvalue weighted by molar-refractivity contribution is -0.121. The van der Waals surface area contributed by atoms with Crippen molar-refractivity contribution in [1.29, 1.82) is 0 Å². The van der Waals surface area contributed by atoms with Crippen LogP contribution in [0, 0.1) is 0 Å². The summed E-state index contributed by atoms with van der Waals surface area (Å²) >= 11 is 0. The fourth-order valence-corrected chi connectivity index (χ4v) is 3.54. The van der Waals surface area contributed by atoms with Crippen molar-refractivity contribution in [2.45, 2.75) is 32.7 Å². The van der Waals surface area contributed by atoms with Crippen molar-refractivity contribution in [3.63, 3.8) is 0 Å². The molecule has 0 atom stereocenters. The molecule has 0 unspecified atom stereocenters. The minimum atomic E-state index is -3.30. The number of amides is 1. The second kappa shape index (κ2) is 8.88. The quantitative estimate of drug-likeness (QED) is 0.736. The molecule has 1 amide bonds. The average molecular weight is 342 g/mol. The molecule has 0 saturated carbocycles. The van der Waals surface area contributed by atoms with Crippen LogP contribution >= 0.6 is 0 Å². The summed E-state index contributed by atoms with van der Waals surface area (Å²) in [5, 5.41) is 2.81. The van der Waals surface area contributed by atoms with E-state index >= 15 is 0 Å². The van der Waals surface area contributed by atoms with Crippen molar-refractivity contribution in [3.05, 3.63) is 29.8 Å². The van der Waals surface area contributed by atoms with E-state index < -0.39 is 10.0 Å². The summed E-state index contributed by atoms with van der Waals surface area (Å²) in [7, 11) is -1.68. The molecule has 0 aromatic heterocycles. The van der Waals surface area contributed by atoms with Gasteiger partial charge in [0.15, 0.2) is 0 Å². The van der Waals surface area contributed by atoms with E-state index in [1.165, 1.54) is 4.31 Å². The molecular formula is C16H26N2O4S. The van der Waals surface area contributed by atoms with Crippen molar-refractivity contribution in [3.8, 4) is 5.75 Å². The number of rotatable bonds is 9. The zero-order valence-electron chi connectivity index (χ0n) is 14.2. The van der Waals surface area contributed by atoms with Crippen LogP contribution in [0.4, 0.5) is 0 Å². The lowest BCUT2D eigenvalue weighted by Gasteiger charge is -2.23. The van der Waals surface area contributed by atoms with Gasteiger partial charge < -0.3 is 10.1 Å². The number of benzene rings is 1. The van der Waals surface area contributed by atoms with E-state index in [2.05, 4.69) is 5.32 Å². The molecule has 130 valence electrons. The van der Waals surface area contributed by atoms with Gasteiger partial charge in [0.1, 0.15) is 5.75 Å². The Labute approximate surface area is 138 Å². The molecule has 0 bridgehead atoms. The van der Waals surface area contributed by atoms with E-state index in [0.717, 1.165) is 17.6 Å². The van der Waals surface area contributed by atoms with Crippen molar-refractivity contribution in [2.24, 2.45) is 0 Å². The van der Waals surface area contributed by atoms with E-state index in [9.17, 15) is 13.2 Å². The van der Waals surface area contributed by atoms with Crippen LogP contribution in [0.25, 0.3) is 0 Å². The van der Waals surface area contributed by atoms with Crippen LogP contribution in [0.1, 0.15) is 25.8 Å². The molecular weight excluding hydrogens is 316 g/mol. The molecule has 23 heavy (non-hydrogen) atoms. The van der Waals surface area contributed by atoms with Gasteiger partial charge in [-0.15, -0.1) is 0 Å². The highest BCUT2D eigenvalue weighted by molar-refractivity contribution is 7.88. The van der Waals surface area contributed by atoms with Crippen LogP contribution in [-0.4, -0.2) is 51.1 Å². The Morgan fingerprint density at radius 1 is 1.30 bits per heavy atom. The highest BCUT2D eigenvalue weighted by Crippen LogP contribution is 2.17. The first-order chi connectivity index (χ1) is 10.8. The first-order valence-corrected chi connectivity index (χ1v) is 9.46. The maximum absolute atomic E-state index is 11.9. The van der Waals surface area contributed by atoms with Gasteiger partial charge in [0.05, 0.1) is 13.4 Å². The second-order valence-electron chi connectivity index (χ2n) is 5.63. The Hall–Kier alpha value is -1.60. The largest absolute Gasteiger partial charge is 0.496 e.